The number of benzene rings is 2. The smallest absolute Gasteiger partial charge is 0.327 e. The molecule has 0 aliphatic carbocycles. The number of amides is 1. The highest BCUT2D eigenvalue weighted by Gasteiger charge is 2.21. The monoisotopic (exact) mass is 446 g/mol. The van der Waals surface area contributed by atoms with Crippen molar-refractivity contribution in [3.8, 4) is 11.4 Å². The Labute approximate surface area is 189 Å². The number of H-pyrrole nitrogens is 1. The maximum Gasteiger partial charge on any atom is 0.327 e. The Kier molecular flexibility index (Phi) is 6.51. The van der Waals surface area contributed by atoms with Crippen LogP contribution < -0.4 is 5.32 Å². The van der Waals surface area contributed by atoms with Crippen molar-refractivity contribution in [2.75, 3.05) is 5.75 Å². The first-order valence-electron chi connectivity index (χ1n) is 10.2. The summed E-state index contributed by atoms with van der Waals surface area (Å²) >= 11 is 1.40. The van der Waals surface area contributed by atoms with E-state index >= 15 is 0 Å². The number of imidazole rings is 1. The molecule has 4 rings (SSSR count). The molecule has 0 unspecified atom stereocenters. The van der Waals surface area contributed by atoms with Gasteiger partial charge in [-0.15, -0.1) is 11.8 Å². The minimum Gasteiger partial charge on any atom is -0.480 e. The number of fused-ring (bicyclic) bond motifs is 1. The predicted octanol–water partition coefficient (Wildman–Crippen LogP) is 4.16. The van der Waals surface area contributed by atoms with E-state index in [2.05, 4.69) is 27.2 Å². The van der Waals surface area contributed by atoms with Crippen LogP contribution in [-0.2, 0) is 11.2 Å². The highest BCUT2D eigenvalue weighted by atomic mass is 32.2. The third kappa shape index (κ3) is 4.97. The van der Waals surface area contributed by atoms with Crippen LogP contribution in [0.2, 0.25) is 0 Å². The molecule has 32 heavy (non-hydrogen) atoms. The van der Waals surface area contributed by atoms with Gasteiger partial charge in [0.1, 0.15) is 11.9 Å². The molecule has 0 saturated carbocycles. The summed E-state index contributed by atoms with van der Waals surface area (Å²) in [7, 11) is 0. The highest BCUT2D eigenvalue weighted by molar-refractivity contribution is 7.99. The van der Waals surface area contributed by atoms with Crippen molar-refractivity contribution < 1.29 is 14.7 Å². The second-order valence-corrected chi connectivity index (χ2v) is 8.32. The summed E-state index contributed by atoms with van der Waals surface area (Å²) in [4.78, 5) is 37.2. The van der Waals surface area contributed by atoms with Crippen LogP contribution in [0.5, 0.6) is 0 Å². The minimum atomic E-state index is -1.07. The molecule has 0 spiro atoms. The van der Waals surface area contributed by atoms with Crippen LogP contribution in [-0.4, -0.2) is 43.7 Å². The largest absolute Gasteiger partial charge is 0.480 e. The quantitative estimate of drug-likeness (QED) is 0.351. The summed E-state index contributed by atoms with van der Waals surface area (Å²) in [6.07, 6.45) is 4.32. The van der Waals surface area contributed by atoms with Crippen molar-refractivity contribution in [2.24, 2.45) is 0 Å². The average molecular weight is 447 g/mol. The molecule has 3 N–H and O–H groups in total. The molecule has 8 heteroatoms. The Balaban J connectivity index is 1.46. The highest BCUT2D eigenvalue weighted by Crippen LogP contribution is 2.22. The maximum absolute atomic E-state index is 12.7. The number of nitrogens with zero attached hydrogens (tertiary/aromatic N) is 2. The molecule has 1 atom stereocenters. The van der Waals surface area contributed by atoms with E-state index in [0.29, 0.717) is 22.4 Å². The normalized spacial score (nSPS) is 11.9. The lowest BCUT2D eigenvalue weighted by Gasteiger charge is -2.14. The second-order valence-electron chi connectivity index (χ2n) is 7.23. The zero-order valence-corrected chi connectivity index (χ0v) is 18.2. The Morgan fingerprint density at radius 3 is 2.53 bits per heavy atom. The number of aromatic nitrogens is 3. The van der Waals surface area contributed by atoms with Gasteiger partial charge in [0.25, 0.3) is 5.91 Å². The van der Waals surface area contributed by atoms with Crippen LogP contribution in [0.4, 0.5) is 0 Å². The topological polar surface area (TPSA) is 108 Å². The van der Waals surface area contributed by atoms with Gasteiger partial charge in [-0.3, -0.25) is 9.78 Å². The average Bonchev–Trinajstić information content (AvgIpc) is 3.26. The van der Waals surface area contributed by atoms with Crippen molar-refractivity contribution in [2.45, 2.75) is 24.3 Å². The number of carboxylic acid groups (broad SMARTS) is 1. The number of carbonyl (C=O) groups is 2. The number of hydrogen-bond donors (Lipinski definition) is 3. The molecule has 4 aromatic rings. The lowest BCUT2D eigenvalue weighted by atomic mass is 10.1. The Morgan fingerprint density at radius 2 is 1.84 bits per heavy atom. The summed E-state index contributed by atoms with van der Waals surface area (Å²) < 4.78 is 0. The van der Waals surface area contributed by atoms with Crippen LogP contribution in [0.1, 0.15) is 22.8 Å². The minimum absolute atomic E-state index is 0.227. The lowest BCUT2D eigenvalue weighted by molar-refractivity contribution is -0.138. The first-order valence-corrected chi connectivity index (χ1v) is 11.2. The van der Waals surface area contributed by atoms with Gasteiger partial charge in [-0.25, -0.2) is 9.78 Å². The number of aryl methyl sites for hydroxylation is 1. The van der Waals surface area contributed by atoms with Crippen molar-refractivity contribution in [3.63, 3.8) is 0 Å². The van der Waals surface area contributed by atoms with Gasteiger partial charge < -0.3 is 15.4 Å². The maximum atomic E-state index is 12.7. The molecular weight excluding hydrogens is 424 g/mol. The van der Waals surface area contributed by atoms with E-state index in [1.54, 1.807) is 30.6 Å². The Morgan fingerprint density at radius 1 is 1.09 bits per heavy atom. The van der Waals surface area contributed by atoms with Crippen LogP contribution in [0, 0.1) is 0 Å². The summed E-state index contributed by atoms with van der Waals surface area (Å²) in [6.45, 7) is 2.08. The van der Waals surface area contributed by atoms with E-state index in [0.717, 1.165) is 16.9 Å². The number of pyridine rings is 1. The van der Waals surface area contributed by atoms with Gasteiger partial charge in [-0.05, 0) is 54.4 Å². The van der Waals surface area contributed by atoms with E-state index in [4.69, 9.17) is 0 Å². The molecule has 0 aliphatic rings. The number of carboxylic acids is 1. The summed E-state index contributed by atoms with van der Waals surface area (Å²) in [5, 5.41) is 12.2. The van der Waals surface area contributed by atoms with E-state index in [-0.39, 0.29) is 5.75 Å². The van der Waals surface area contributed by atoms with Gasteiger partial charge in [0.05, 0.1) is 11.0 Å². The molecule has 0 bridgehead atoms. The third-order valence-corrected chi connectivity index (χ3v) is 6.16. The number of nitrogens with one attached hydrogen (secondary N) is 2. The summed E-state index contributed by atoms with van der Waals surface area (Å²) in [6, 6.07) is 15.7. The van der Waals surface area contributed by atoms with E-state index in [1.807, 2.05) is 36.4 Å². The molecule has 2 heterocycles. The Bertz CT molecular complexity index is 1240. The van der Waals surface area contributed by atoms with Crippen LogP contribution in [0.3, 0.4) is 0 Å². The van der Waals surface area contributed by atoms with Gasteiger partial charge in [-0.2, -0.15) is 0 Å². The van der Waals surface area contributed by atoms with E-state index in [9.17, 15) is 14.7 Å². The van der Waals surface area contributed by atoms with Crippen molar-refractivity contribution in [1.29, 1.82) is 0 Å². The van der Waals surface area contributed by atoms with Crippen LogP contribution in [0.15, 0.2) is 71.9 Å². The molecule has 2 aromatic carbocycles. The van der Waals surface area contributed by atoms with Crippen molar-refractivity contribution in [1.82, 2.24) is 20.3 Å². The van der Waals surface area contributed by atoms with E-state index in [1.165, 1.54) is 17.3 Å². The molecule has 0 saturated heterocycles. The van der Waals surface area contributed by atoms with Gasteiger partial charge in [0.15, 0.2) is 0 Å². The second kappa shape index (κ2) is 9.65. The van der Waals surface area contributed by atoms with Gasteiger partial charge in [-0.1, -0.05) is 19.1 Å². The summed E-state index contributed by atoms with van der Waals surface area (Å²) in [5.41, 5.74) is 3.89. The predicted molar refractivity (Wildman–Crippen MR) is 125 cm³/mol. The molecule has 0 aliphatic heterocycles. The number of thioether (sulfide) groups is 1. The van der Waals surface area contributed by atoms with Crippen molar-refractivity contribution in [3.05, 3.63) is 78.1 Å². The molecular formula is C24H22N4O3S. The van der Waals surface area contributed by atoms with Crippen LogP contribution >= 0.6 is 11.8 Å². The lowest BCUT2D eigenvalue weighted by Crippen LogP contribution is -2.42. The number of aromatic amines is 1. The zero-order valence-electron chi connectivity index (χ0n) is 17.4. The van der Waals surface area contributed by atoms with Crippen LogP contribution in [0.25, 0.3) is 22.4 Å². The number of rotatable bonds is 8. The van der Waals surface area contributed by atoms with Gasteiger partial charge >= 0.3 is 5.97 Å². The fourth-order valence-corrected chi connectivity index (χ4v) is 4.13. The SMILES string of the molecule is CCc1ccc(SC[C@H](NC(=O)c2ccc3nc(-c4ccncc4)[nH]c3c2)C(=O)O)cc1. The molecule has 0 radical (unpaired) electrons. The standard InChI is InChI=1S/C24H22N4O3S/c1-2-15-3-6-18(7-4-15)32-14-21(24(30)31)28-23(29)17-5-8-19-20(13-17)27-22(26-19)16-9-11-25-12-10-16/h3-13,21H,2,14H2,1H3,(H,26,27)(H,28,29)(H,30,31)/t21-/m0/s1. The first-order chi connectivity index (χ1) is 15.5. The first kappa shape index (κ1) is 21.6. The Hall–Kier alpha value is -3.65. The molecule has 162 valence electrons. The number of carbonyl (C=O) groups excluding carboxylic acids is 1. The van der Waals surface area contributed by atoms with E-state index < -0.39 is 17.9 Å². The summed E-state index contributed by atoms with van der Waals surface area (Å²) in [5.74, 6) is -0.612. The van der Waals surface area contributed by atoms with Gasteiger partial charge in [0, 0.05) is 34.2 Å². The third-order valence-electron chi connectivity index (χ3n) is 5.05. The molecule has 1 amide bonds. The molecule has 0 fully saturated rings. The van der Waals surface area contributed by atoms with Crippen molar-refractivity contribution >= 4 is 34.7 Å². The fourth-order valence-electron chi connectivity index (χ4n) is 3.21. The number of hydrogen-bond acceptors (Lipinski definition) is 5. The molecule has 2 aromatic heterocycles. The zero-order chi connectivity index (χ0) is 22.5. The number of aliphatic carboxylic acids is 1. The van der Waals surface area contributed by atoms with Gasteiger partial charge in [0.2, 0.25) is 0 Å². The fraction of sp³-hybridized carbons (Fsp3) is 0.167. The molecule has 7 nitrogen and oxygen atoms in total.